The number of hydrogen-bond donors (Lipinski definition) is 1. The van der Waals surface area contributed by atoms with Gasteiger partial charge in [-0.25, -0.2) is 0 Å². The molecule has 102 valence electrons. The van der Waals surface area contributed by atoms with E-state index in [9.17, 15) is 5.11 Å². The molecule has 1 N–H and O–H groups in total. The maximum absolute atomic E-state index is 10.6. The molecule has 1 unspecified atom stereocenters. The van der Waals surface area contributed by atoms with E-state index in [2.05, 4.69) is 11.2 Å². The average molecular weight is 278 g/mol. The fourth-order valence-electron chi connectivity index (χ4n) is 2.68. The third-order valence-corrected chi connectivity index (χ3v) is 5.00. The zero-order valence-corrected chi connectivity index (χ0v) is 12.0. The van der Waals surface area contributed by atoms with E-state index in [4.69, 9.17) is 4.74 Å². The van der Waals surface area contributed by atoms with Gasteiger partial charge in [-0.15, -0.1) is 11.3 Å². The number of fused-ring (bicyclic) bond motifs is 1. The molecule has 1 aliphatic carbocycles. The number of methoxy groups -OCH3 is 1. The van der Waals surface area contributed by atoms with Gasteiger partial charge in [0.2, 0.25) is 0 Å². The molecule has 19 heavy (non-hydrogen) atoms. The molecular formula is C14H18N2O2S. The van der Waals surface area contributed by atoms with Crippen LogP contribution in [0.2, 0.25) is 0 Å². The predicted octanol–water partition coefficient (Wildman–Crippen LogP) is 2.45. The molecule has 5 heteroatoms. The van der Waals surface area contributed by atoms with Crippen molar-refractivity contribution in [2.24, 2.45) is 7.05 Å². The van der Waals surface area contributed by atoms with Gasteiger partial charge in [-0.2, -0.15) is 5.10 Å². The van der Waals surface area contributed by atoms with Gasteiger partial charge >= 0.3 is 0 Å². The fourth-order valence-corrected chi connectivity index (χ4v) is 3.93. The topological polar surface area (TPSA) is 47.3 Å². The second-order valence-electron chi connectivity index (χ2n) is 4.93. The first-order valence-corrected chi connectivity index (χ1v) is 7.37. The van der Waals surface area contributed by atoms with Gasteiger partial charge in [0.1, 0.15) is 11.8 Å². The highest BCUT2D eigenvalue weighted by molar-refractivity contribution is 7.12. The summed E-state index contributed by atoms with van der Waals surface area (Å²) in [5, 5.41) is 14.7. The van der Waals surface area contributed by atoms with Crippen LogP contribution in [-0.4, -0.2) is 22.0 Å². The third-order valence-electron chi connectivity index (χ3n) is 3.71. The number of nitrogens with zero attached hydrogens (tertiary/aromatic N) is 2. The number of thiophene rings is 1. The monoisotopic (exact) mass is 278 g/mol. The van der Waals surface area contributed by atoms with E-state index < -0.39 is 6.10 Å². The van der Waals surface area contributed by atoms with Crippen molar-refractivity contribution in [1.82, 2.24) is 9.78 Å². The maximum Gasteiger partial charge on any atom is 0.163 e. The van der Waals surface area contributed by atoms with Gasteiger partial charge in [0, 0.05) is 16.8 Å². The Labute approximate surface area is 116 Å². The number of aryl methyl sites for hydroxylation is 3. The van der Waals surface area contributed by atoms with Gasteiger partial charge in [0.15, 0.2) is 5.75 Å². The number of rotatable bonds is 3. The van der Waals surface area contributed by atoms with Crippen molar-refractivity contribution in [3.8, 4) is 5.75 Å². The van der Waals surface area contributed by atoms with Crippen molar-refractivity contribution < 1.29 is 9.84 Å². The van der Waals surface area contributed by atoms with Crippen LogP contribution in [0.4, 0.5) is 0 Å². The van der Waals surface area contributed by atoms with Crippen LogP contribution >= 0.6 is 11.3 Å². The molecule has 0 aliphatic heterocycles. The molecule has 2 aromatic rings. The van der Waals surface area contributed by atoms with Gasteiger partial charge in [0.05, 0.1) is 13.3 Å². The van der Waals surface area contributed by atoms with E-state index in [0.717, 1.165) is 23.4 Å². The summed E-state index contributed by atoms with van der Waals surface area (Å²) in [7, 11) is 3.43. The molecule has 0 radical (unpaired) electrons. The minimum atomic E-state index is -0.655. The molecule has 0 bridgehead atoms. The second-order valence-corrected chi connectivity index (χ2v) is 6.10. The first-order chi connectivity index (χ1) is 9.20. The summed E-state index contributed by atoms with van der Waals surface area (Å²) in [4.78, 5) is 2.43. The van der Waals surface area contributed by atoms with Crippen LogP contribution < -0.4 is 4.74 Å². The summed E-state index contributed by atoms with van der Waals surface area (Å²) in [6.07, 6.45) is 5.80. The molecule has 3 rings (SSSR count). The van der Waals surface area contributed by atoms with E-state index in [0.29, 0.717) is 5.75 Å². The van der Waals surface area contributed by atoms with Gasteiger partial charge in [0.25, 0.3) is 0 Å². The molecule has 2 heterocycles. The Balaban J connectivity index is 1.97. The smallest absolute Gasteiger partial charge is 0.163 e. The van der Waals surface area contributed by atoms with Gasteiger partial charge < -0.3 is 9.84 Å². The first kappa shape index (κ1) is 12.7. The summed E-state index contributed by atoms with van der Waals surface area (Å²) in [6, 6.07) is 2.15. The SMILES string of the molecule is COc1cnn(C)c1C(O)c1cc2c(s1)CCCC2. The Morgan fingerprint density at radius 3 is 2.95 bits per heavy atom. The van der Waals surface area contributed by atoms with E-state index in [1.54, 1.807) is 29.3 Å². The molecule has 0 aromatic carbocycles. The minimum Gasteiger partial charge on any atom is -0.493 e. The van der Waals surface area contributed by atoms with Crippen LogP contribution in [-0.2, 0) is 19.9 Å². The van der Waals surface area contributed by atoms with E-state index >= 15 is 0 Å². The van der Waals surface area contributed by atoms with Crippen LogP contribution in [0.3, 0.4) is 0 Å². The number of aliphatic hydroxyl groups is 1. The molecule has 0 saturated heterocycles. The van der Waals surface area contributed by atoms with E-state index in [-0.39, 0.29) is 0 Å². The lowest BCUT2D eigenvalue weighted by Crippen LogP contribution is -2.06. The van der Waals surface area contributed by atoms with Gasteiger partial charge in [-0.3, -0.25) is 4.68 Å². The molecule has 1 aliphatic rings. The second kappa shape index (κ2) is 4.98. The fraction of sp³-hybridized carbons (Fsp3) is 0.500. The van der Waals surface area contributed by atoms with E-state index in [1.165, 1.54) is 23.3 Å². The third kappa shape index (κ3) is 2.17. The van der Waals surface area contributed by atoms with Crippen LogP contribution in [0.5, 0.6) is 5.75 Å². The summed E-state index contributed by atoms with van der Waals surface area (Å²) in [5.41, 5.74) is 2.13. The Kier molecular flexibility index (Phi) is 3.33. The lowest BCUT2D eigenvalue weighted by atomic mass is 9.99. The lowest BCUT2D eigenvalue weighted by Gasteiger charge is -2.11. The average Bonchev–Trinajstić information content (AvgIpc) is 3.01. The van der Waals surface area contributed by atoms with Crippen molar-refractivity contribution >= 4 is 11.3 Å². The lowest BCUT2D eigenvalue weighted by molar-refractivity contribution is 0.208. The maximum atomic E-state index is 10.6. The number of aromatic nitrogens is 2. The Bertz CT molecular complexity index is 565. The number of hydrogen-bond acceptors (Lipinski definition) is 4. The minimum absolute atomic E-state index is 0.640. The summed E-state index contributed by atoms with van der Waals surface area (Å²) in [6.45, 7) is 0. The summed E-state index contributed by atoms with van der Waals surface area (Å²) < 4.78 is 6.95. The summed E-state index contributed by atoms with van der Waals surface area (Å²) >= 11 is 1.72. The van der Waals surface area contributed by atoms with Crippen molar-refractivity contribution in [2.45, 2.75) is 31.8 Å². The zero-order chi connectivity index (χ0) is 13.4. The molecule has 1 atom stereocenters. The van der Waals surface area contributed by atoms with Crippen molar-refractivity contribution in [1.29, 1.82) is 0 Å². The number of aliphatic hydroxyl groups excluding tert-OH is 1. The van der Waals surface area contributed by atoms with Crippen LogP contribution in [0, 0.1) is 0 Å². The Morgan fingerprint density at radius 2 is 2.21 bits per heavy atom. The molecule has 0 amide bonds. The zero-order valence-electron chi connectivity index (χ0n) is 11.2. The highest BCUT2D eigenvalue weighted by Gasteiger charge is 2.24. The summed E-state index contributed by atoms with van der Waals surface area (Å²) in [5.74, 6) is 0.640. The Hall–Kier alpha value is -1.33. The van der Waals surface area contributed by atoms with Crippen LogP contribution in [0.25, 0.3) is 0 Å². The van der Waals surface area contributed by atoms with E-state index in [1.807, 2.05) is 7.05 Å². The molecule has 0 spiro atoms. The van der Waals surface area contributed by atoms with Gasteiger partial charge in [-0.05, 0) is 37.3 Å². The van der Waals surface area contributed by atoms with Gasteiger partial charge in [-0.1, -0.05) is 0 Å². The molecular weight excluding hydrogens is 260 g/mol. The molecule has 2 aromatic heterocycles. The largest absolute Gasteiger partial charge is 0.493 e. The normalized spacial score (nSPS) is 16.2. The predicted molar refractivity (Wildman–Crippen MR) is 74.8 cm³/mol. The molecule has 4 nitrogen and oxygen atoms in total. The van der Waals surface area contributed by atoms with Crippen molar-refractivity contribution in [3.05, 3.63) is 33.3 Å². The first-order valence-electron chi connectivity index (χ1n) is 6.56. The van der Waals surface area contributed by atoms with Crippen molar-refractivity contribution in [2.75, 3.05) is 7.11 Å². The molecule has 0 fully saturated rings. The van der Waals surface area contributed by atoms with Crippen molar-refractivity contribution in [3.63, 3.8) is 0 Å². The highest BCUT2D eigenvalue weighted by atomic mass is 32.1. The molecule has 0 saturated carbocycles. The Morgan fingerprint density at radius 1 is 1.42 bits per heavy atom. The van der Waals surface area contributed by atoms with Crippen LogP contribution in [0.15, 0.2) is 12.3 Å². The van der Waals surface area contributed by atoms with Crippen LogP contribution in [0.1, 0.15) is 40.0 Å². The quantitative estimate of drug-likeness (QED) is 0.938. The standard InChI is InChI=1S/C14H18N2O2S/c1-16-13(10(18-2)8-15-16)14(17)12-7-9-5-3-4-6-11(9)19-12/h7-8,14,17H,3-6H2,1-2H3. The highest BCUT2D eigenvalue weighted by Crippen LogP contribution is 2.37. The number of ether oxygens (including phenoxy) is 1.